The average Bonchev–Trinajstić information content (AvgIpc) is 3.37. The Kier molecular flexibility index (Phi) is 19.0. The number of nitrogens with one attached hydrogen (secondary N) is 1. The molecule has 1 atom stereocenters. The van der Waals surface area contributed by atoms with Gasteiger partial charge in [0, 0.05) is 55.1 Å². The van der Waals surface area contributed by atoms with E-state index in [-0.39, 0.29) is 5.57 Å². The fourth-order valence-corrected chi connectivity index (χ4v) is 5.20. The van der Waals surface area contributed by atoms with Crippen molar-refractivity contribution in [2.45, 2.75) is 72.6 Å². The van der Waals surface area contributed by atoms with Crippen molar-refractivity contribution in [3.05, 3.63) is 58.5 Å². The van der Waals surface area contributed by atoms with E-state index < -0.39 is 19.3 Å². The van der Waals surface area contributed by atoms with Crippen LogP contribution in [0, 0.1) is 18.3 Å². The number of allylic oxidation sites excluding steroid dienone is 7. The number of hydrogen-bond donors (Lipinski definition) is 1. The van der Waals surface area contributed by atoms with E-state index >= 15 is 0 Å². The molecule has 8 heteroatoms. The summed E-state index contributed by atoms with van der Waals surface area (Å²) in [5.74, 6) is -0.653. The van der Waals surface area contributed by atoms with Crippen LogP contribution in [-0.2, 0) is 4.74 Å². The van der Waals surface area contributed by atoms with Crippen LogP contribution in [0.25, 0.3) is 0 Å². The van der Waals surface area contributed by atoms with Crippen LogP contribution in [0.1, 0.15) is 66.7 Å². The summed E-state index contributed by atoms with van der Waals surface area (Å²) in [5.41, 5.74) is 3.35. The smallest absolute Gasteiger partial charge is 0.300 e. The maximum atomic E-state index is 13.9. The molecule has 1 N–H and O–H groups in total. The van der Waals surface area contributed by atoms with Crippen LogP contribution < -0.4 is 5.32 Å². The van der Waals surface area contributed by atoms with Gasteiger partial charge in [0.05, 0.1) is 13.2 Å². The van der Waals surface area contributed by atoms with Crippen molar-refractivity contribution in [1.82, 2.24) is 15.1 Å². The van der Waals surface area contributed by atoms with E-state index in [1.165, 1.54) is 19.1 Å². The minimum Gasteiger partial charge on any atom is -0.385 e. The monoisotopic (exact) mass is 595 g/mol. The Balaban J connectivity index is 0.00000165. The van der Waals surface area contributed by atoms with Crippen LogP contribution in [0.4, 0.5) is 17.6 Å². The number of terminal acetylenes is 1. The number of likely N-dealkylation sites (tertiary alicyclic amines) is 1. The Bertz CT molecular complexity index is 972. The average molecular weight is 596 g/mol. The lowest BCUT2D eigenvalue weighted by Crippen LogP contribution is -2.36. The minimum absolute atomic E-state index is 0.251. The highest BCUT2D eigenvalue weighted by Gasteiger charge is 2.32. The molecule has 2 fully saturated rings. The number of rotatable bonds is 11. The van der Waals surface area contributed by atoms with Gasteiger partial charge in [-0.2, -0.15) is 8.78 Å². The van der Waals surface area contributed by atoms with Gasteiger partial charge in [-0.15, -0.1) is 12.3 Å². The summed E-state index contributed by atoms with van der Waals surface area (Å²) in [7, 11) is 0. The minimum atomic E-state index is -3.42. The van der Waals surface area contributed by atoms with Gasteiger partial charge in [-0.25, -0.2) is 8.78 Å². The molecule has 2 aliphatic heterocycles. The second-order valence-electron chi connectivity index (χ2n) is 10.5. The predicted molar refractivity (Wildman–Crippen MR) is 168 cm³/mol. The lowest BCUT2D eigenvalue weighted by atomic mass is 10.0. The van der Waals surface area contributed by atoms with E-state index in [0.29, 0.717) is 25.6 Å². The van der Waals surface area contributed by atoms with Crippen LogP contribution in [0.3, 0.4) is 0 Å². The highest BCUT2D eigenvalue weighted by Crippen LogP contribution is 2.27. The van der Waals surface area contributed by atoms with Gasteiger partial charge < -0.3 is 19.9 Å². The van der Waals surface area contributed by atoms with Crippen LogP contribution >= 0.6 is 0 Å². The van der Waals surface area contributed by atoms with Crippen molar-refractivity contribution < 1.29 is 22.3 Å². The molecule has 4 nitrogen and oxygen atoms in total. The molecule has 0 aromatic heterocycles. The predicted octanol–water partition coefficient (Wildman–Crippen LogP) is 7.63. The van der Waals surface area contributed by atoms with Crippen LogP contribution in [0.5, 0.6) is 0 Å². The van der Waals surface area contributed by atoms with Crippen molar-refractivity contribution in [2.75, 3.05) is 65.8 Å². The van der Waals surface area contributed by atoms with Crippen LogP contribution in [-0.4, -0.2) is 81.6 Å². The fourth-order valence-electron chi connectivity index (χ4n) is 5.20. The van der Waals surface area contributed by atoms with Crippen molar-refractivity contribution in [3.8, 4) is 12.3 Å². The summed E-state index contributed by atoms with van der Waals surface area (Å²) >= 11 is 0. The Labute approximate surface area is 252 Å². The molecule has 0 bridgehead atoms. The molecule has 0 amide bonds. The number of halogens is 4. The number of hydrogen-bond acceptors (Lipinski definition) is 4. The molecule has 2 heterocycles. The standard InChI is InChI=1S/C29H43F4N3O.C3H4.C2H6/c1-3-26(29(32,33)22-31)18-23(2)9-12-35-11-5-6-24(10-13-35)21-34-27-7-4-8-28(25(19-27)20-30)36-14-16-37-17-15-36;1-3-2;1-2/h3-4,7,18-19,24,34H,5-6,8-17,20-22H2,1-2H3;1H,2H3;1-2H3/b23-18+,26-3+;;. The normalized spacial score (nSPS) is 20.7. The Morgan fingerprint density at radius 2 is 1.86 bits per heavy atom. The summed E-state index contributed by atoms with van der Waals surface area (Å²) in [4.78, 5) is 4.63. The number of alkyl halides is 4. The zero-order valence-electron chi connectivity index (χ0n) is 26.5. The molecule has 1 aliphatic carbocycles. The molecular formula is C34H53F4N3O. The summed E-state index contributed by atoms with van der Waals surface area (Å²) in [6.07, 6.45) is 18.1. The van der Waals surface area contributed by atoms with Crippen molar-refractivity contribution in [2.24, 2.45) is 5.92 Å². The molecule has 0 radical (unpaired) electrons. The topological polar surface area (TPSA) is 27.7 Å². The molecule has 3 aliphatic rings. The molecule has 0 spiro atoms. The first-order valence-electron chi connectivity index (χ1n) is 15.4. The largest absolute Gasteiger partial charge is 0.385 e. The zero-order chi connectivity index (χ0) is 31.4. The van der Waals surface area contributed by atoms with Crippen molar-refractivity contribution in [1.29, 1.82) is 0 Å². The lowest BCUT2D eigenvalue weighted by Gasteiger charge is -2.31. The summed E-state index contributed by atoms with van der Waals surface area (Å²) in [6, 6.07) is 0. The molecule has 238 valence electrons. The number of ether oxygens (including phenoxy) is 1. The molecule has 0 saturated carbocycles. The van der Waals surface area contributed by atoms with E-state index in [1.807, 2.05) is 26.8 Å². The fraction of sp³-hybridized carbons (Fsp3) is 0.647. The van der Waals surface area contributed by atoms with E-state index in [9.17, 15) is 17.6 Å². The Morgan fingerprint density at radius 3 is 2.48 bits per heavy atom. The number of morpholine rings is 1. The van der Waals surface area contributed by atoms with Gasteiger partial charge in [-0.1, -0.05) is 37.6 Å². The molecular weight excluding hydrogens is 542 g/mol. The highest BCUT2D eigenvalue weighted by molar-refractivity contribution is 5.37. The van der Waals surface area contributed by atoms with Gasteiger partial charge in [0.15, 0.2) is 6.67 Å². The van der Waals surface area contributed by atoms with Gasteiger partial charge in [0.2, 0.25) is 0 Å². The van der Waals surface area contributed by atoms with Gasteiger partial charge in [0.25, 0.3) is 0 Å². The molecule has 1 unspecified atom stereocenters. The van der Waals surface area contributed by atoms with Crippen molar-refractivity contribution >= 4 is 0 Å². The van der Waals surface area contributed by atoms with Gasteiger partial charge >= 0.3 is 5.92 Å². The summed E-state index contributed by atoms with van der Waals surface area (Å²) in [5, 5.41) is 3.55. The molecule has 0 aromatic carbocycles. The maximum Gasteiger partial charge on any atom is 0.300 e. The van der Waals surface area contributed by atoms with E-state index in [0.717, 1.165) is 87.5 Å². The third-order valence-corrected chi connectivity index (χ3v) is 7.51. The van der Waals surface area contributed by atoms with Crippen LogP contribution in [0.15, 0.2) is 58.5 Å². The molecule has 0 aromatic rings. The van der Waals surface area contributed by atoms with E-state index in [2.05, 4.69) is 39.6 Å². The second-order valence-corrected chi connectivity index (χ2v) is 10.5. The summed E-state index contributed by atoms with van der Waals surface area (Å²) in [6.45, 7) is 13.4. The SMILES string of the molecule is C#CC.C/C=C(\C=C(/C)CCN1CCCC(CNC2=CC(CF)=C(N3CCOCC3)CC=C2)CC1)C(F)(F)CF.CC. The first-order valence-corrected chi connectivity index (χ1v) is 15.4. The molecule has 2 saturated heterocycles. The summed E-state index contributed by atoms with van der Waals surface area (Å²) < 4.78 is 59.5. The number of nitrogens with zero attached hydrogens (tertiary/aromatic N) is 2. The molecule has 42 heavy (non-hydrogen) atoms. The van der Waals surface area contributed by atoms with Gasteiger partial charge in [0.1, 0.15) is 6.67 Å². The Hall–Kier alpha value is -2.50. The first-order chi connectivity index (χ1) is 20.3. The lowest BCUT2D eigenvalue weighted by molar-refractivity contribution is 0.0185. The first kappa shape index (κ1) is 37.5. The third-order valence-electron chi connectivity index (χ3n) is 7.51. The van der Waals surface area contributed by atoms with Gasteiger partial charge in [-0.3, -0.25) is 0 Å². The highest BCUT2D eigenvalue weighted by atomic mass is 19.3. The van der Waals surface area contributed by atoms with E-state index in [4.69, 9.17) is 4.74 Å². The van der Waals surface area contributed by atoms with Crippen molar-refractivity contribution in [3.63, 3.8) is 0 Å². The molecule has 3 rings (SSSR count). The maximum absolute atomic E-state index is 13.9. The Morgan fingerprint density at radius 1 is 1.17 bits per heavy atom. The third kappa shape index (κ3) is 13.2. The zero-order valence-corrected chi connectivity index (χ0v) is 26.5. The van der Waals surface area contributed by atoms with E-state index in [1.54, 1.807) is 6.92 Å². The van der Waals surface area contributed by atoms with Gasteiger partial charge in [-0.05, 0) is 77.6 Å². The quantitative estimate of drug-likeness (QED) is 0.151. The van der Waals surface area contributed by atoms with Crippen LogP contribution in [0.2, 0.25) is 0 Å². The second kappa shape index (κ2) is 21.2.